The molecular formula is C21H30N10. The maximum Gasteiger partial charge on any atom is 0.269 e. The minimum absolute atomic E-state index is 0.0381. The number of nitrogens with zero attached hydrogens (tertiary/aromatic N) is 10. The predicted molar refractivity (Wildman–Crippen MR) is 116 cm³/mol. The van der Waals surface area contributed by atoms with Gasteiger partial charge < -0.3 is 0 Å². The van der Waals surface area contributed by atoms with Crippen molar-refractivity contribution < 1.29 is 0 Å². The summed E-state index contributed by atoms with van der Waals surface area (Å²) in [4.78, 5) is 8.88. The van der Waals surface area contributed by atoms with Crippen LogP contribution in [0.15, 0.2) is 37.2 Å². The van der Waals surface area contributed by atoms with Crippen molar-refractivity contribution in [3.8, 4) is 11.9 Å². The summed E-state index contributed by atoms with van der Waals surface area (Å²) in [7, 11) is 0. The van der Waals surface area contributed by atoms with Gasteiger partial charge in [-0.15, -0.1) is 10.2 Å². The number of rotatable bonds is 4. The number of hydrogen-bond donors (Lipinski definition) is 0. The summed E-state index contributed by atoms with van der Waals surface area (Å²) in [6.07, 6.45) is 7.12. The Balaban J connectivity index is 1.60. The van der Waals surface area contributed by atoms with Gasteiger partial charge in [-0.1, -0.05) is 41.5 Å². The van der Waals surface area contributed by atoms with Crippen molar-refractivity contribution in [3.63, 3.8) is 0 Å². The Bertz CT molecular complexity index is 1100. The third-order valence-corrected chi connectivity index (χ3v) is 5.21. The van der Waals surface area contributed by atoms with Gasteiger partial charge in [-0.25, -0.2) is 18.7 Å². The number of aromatic nitrogens is 10. The molecule has 4 rings (SSSR count). The molecule has 0 fully saturated rings. The minimum Gasteiger partial charge on any atom is -0.224 e. The van der Waals surface area contributed by atoms with Gasteiger partial charge in [0.2, 0.25) is 0 Å². The van der Waals surface area contributed by atoms with Gasteiger partial charge in [0.15, 0.2) is 5.66 Å². The standard InChI is InChI=1S/C21H30N10/c1-19(2,3)15-9-11-28(24-15)17-22-13-30(26-17)21(7,8)31-14-23-18(27-31)29-12-10-16(25-29)20(4,5)6/h9-14H,1-8H3. The average molecular weight is 423 g/mol. The monoisotopic (exact) mass is 422 g/mol. The van der Waals surface area contributed by atoms with Crippen LogP contribution in [0.2, 0.25) is 0 Å². The summed E-state index contributed by atoms with van der Waals surface area (Å²) in [6, 6.07) is 3.98. The molecule has 0 aliphatic carbocycles. The Morgan fingerprint density at radius 1 is 0.581 bits per heavy atom. The first kappa shape index (κ1) is 21.0. The normalized spacial score (nSPS) is 13.2. The van der Waals surface area contributed by atoms with Crippen LogP contribution in [0.25, 0.3) is 11.9 Å². The fourth-order valence-electron chi connectivity index (χ4n) is 3.02. The Morgan fingerprint density at radius 3 is 1.29 bits per heavy atom. The van der Waals surface area contributed by atoms with E-state index >= 15 is 0 Å². The molecule has 164 valence electrons. The van der Waals surface area contributed by atoms with Crippen LogP contribution in [0.1, 0.15) is 66.8 Å². The molecule has 0 saturated heterocycles. The quantitative estimate of drug-likeness (QED) is 0.501. The fourth-order valence-corrected chi connectivity index (χ4v) is 3.02. The van der Waals surface area contributed by atoms with E-state index in [-0.39, 0.29) is 10.8 Å². The van der Waals surface area contributed by atoms with Gasteiger partial charge in [0.25, 0.3) is 11.9 Å². The zero-order valence-electron chi connectivity index (χ0n) is 19.4. The molecule has 10 nitrogen and oxygen atoms in total. The molecule has 10 heteroatoms. The predicted octanol–water partition coefficient (Wildman–Crippen LogP) is 3.08. The highest BCUT2D eigenvalue weighted by atomic mass is 15.6. The summed E-state index contributed by atoms with van der Waals surface area (Å²) in [6.45, 7) is 16.8. The van der Waals surface area contributed by atoms with Gasteiger partial charge >= 0.3 is 0 Å². The van der Waals surface area contributed by atoms with E-state index < -0.39 is 5.66 Å². The maximum atomic E-state index is 4.64. The molecule has 0 aliphatic rings. The van der Waals surface area contributed by atoms with E-state index in [1.165, 1.54) is 0 Å². The van der Waals surface area contributed by atoms with Gasteiger partial charge in [-0.2, -0.15) is 20.2 Å². The summed E-state index contributed by atoms with van der Waals surface area (Å²) in [5, 5.41) is 18.5. The third kappa shape index (κ3) is 3.89. The molecule has 0 atom stereocenters. The van der Waals surface area contributed by atoms with Gasteiger partial charge in [-0.3, -0.25) is 0 Å². The largest absolute Gasteiger partial charge is 0.269 e. The van der Waals surface area contributed by atoms with Crippen LogP contribution in [0.3, 0.4) is 0 Å². The lowest BCUT2D eigenvalue weighted by molar-refractivity contribution is 0.233. The van der Waals surface area contributed by atoms with Crippen LogP contribution in [-0.4, -0.2) is 49.1 Å². The maximum absolute atomic E-state index is 4.64. The van der Waals surface area contributed by atoms with Crippen molar-refractivity contribution in [1.82, 2.24) is 49.1 Å². The van der Waals surface area contributed by atoms with E-state index in [0.717, 1.165) is 11.4 Å². The SMILES string of the molecule is CC(C)(C)c1ccn(-c2ncn(C(C)(C)n3cnc(-n4ccc(C(C)(C)C)n4)n3)n2)n1. The molecule has 4 heterocycles. The van der Waals surface area contributed by atoms with Gasteiger partial charge in [-0.05, 0) is 26.0 Å². The van der Waals surface area contributed by atoms with Crippen molar-refractivity contribution in [2.45, 2.75) is 71.9 Å². The lowest BCUT2D eigenvalue weighted by atomic mass is 9.93. The summed E-state index contributed by atoms with van der Waals surface area (Å²) in [5.41, 5.74) is 1.26. The first-order valence-corrected chi connectivity index (χ1v) is 10.3. The molecule has 4 aromatic rings. The van der Waals surface area contributed by atoms with Crippen LogP contribution in [0.4, 0.5) is 0 Å². The number of hydrogen-bond acceptors (Lipinski definition) is 6. The highest BCUT2D eigenvalue weighted by Gasteiger charge is 2.27. The van der Waals surface area contributed by atoms with Gasteiger partial charge in [0, 0.05) is 23.2 Å². The molecular weight excluding hydrogens is 392 g/mol. The molecule has 0 aliphatic heterocycles. The van der Waals surface area contributed by atoms with Crippen LogP contribution in [-0.2, 0) is 16.5 Å². The molecule has 0 bridgehead atoms. The molecule has 0 amide bonds. The van der Waals surface area contributed by atoms with Crippen LogP contribution >= 0.6 is 0 Å². The van der Waals surface area contributed by atoms with Crippen LogP contribution < -0.4 is 0 Å². The summed E-state index contributed by atoms with van der Waals surface area (Å²) < 4.78 is 6.89. The second kappa shape index (κ2) is 6.86. The van der Waals surface area contributed by atoms with E-state index in [1.807, 2.05) is 38.4 Å². The summed E-state index contributed by atoms with van der Waals surface area (Å²) in [5.74, 6) is 1.01. The average Bonchev–Trinajstić information content (AvgIpc) is 3.47. The Kier molecular flexibility index (Phi) is 4.64. The van der Waals surface area contributed by atoms with Crippen LogP contribution in [0.5, 0.6) is 0 Å². The highest BCUT2D eigenvalue weighted by Crippen LogP contribution is 2.22. The third-order valence-electron chi connectivity index (χ3n) is 5.21. The second-order valence-electron chi connectivity index (χ2n) is 10.3. The minimum atomic E-state index is -0.628. The molecule has 0 saturated carbocycles. The first-order valence-electron chi connectivity index (χ1n) is 10.3. The van der Waals surface area contributed by atoms with E-state index in [1.54, 1.807) is 31.4 Å². The van der Waals surface area contributed by atoms with Crippen molar-refractivity contribution in [1.29, 1.82) is 0 Å². The van der Waals surface area contributed by atoms with Crippen molar-refractivity contribution in [3.05, 3.63) is 48.6 Å². The lowest BCUT2D eigenvalue weighted by Crippen LogP contribution is -2.36. The summed E-state index contributed by atoms with van der Waals surface area (Å²) >= 11 is 0. The Morgan fingerprint density at radius 2 is 0.968 bits per heavy atom. The van der Waals surface area contributed by atoms with Gasteiger partial charge in [0.1, 0.15) is 12.7 Å². The molecule has 31 heavy (non-hydrogen) atoms. The smallest absolute Gasteiger partial charge is 0.224 e. The molecule has 0 radical (unpaired) electrons. The Labute approximate surface area is 181 Å². The topological polar surface area (TPSA) is 97.1 Å². The molecule has 0 unspecified atom stereocenters. The lowest BCUT2D eigenvalue weighted by Gasteiger charge is -2.24. The van der Waals surface area contributed by atoms with Crippen molar-refractivity contribution in [2.75, 3.05) is 0 Å². The second-order valence-corrected chi connectivity index (χ2v) is 10.3. The molecule has 0 spiro atoms. The van der Waals surface area contributed by atoms with E-state index in [0.29, 0.717) is 11.9 Å². The van der Waals surface area contributed by atoms with Crippen molar-refractivity contribution >= 4 is 0 Å². The molecule has 0 aromatic carbocycles. The van der Waals surface area contributed by atoms with Gasteiger partial charge in [0.05, 0.1) is 11.4 Å². The van der Waals surface area contributed by atoms with Crippen molar-refractivity contribution in [2.24, 2.45) is 0 Å². The molecule has 4 aromatic heterocycles. The highest BCUT2D eigenvalue weighted by molar-refractivity contribution is 5.17. The van der Waals surface area contributed by atoms with E-state index in [4.69, 9.17) is 0 Å². The zero-order chi connectivity index (χ0) is 22.6. The fraction of sp³-hybridized carbons (Fsp3) is 0.524. The van der Waals surface area contributed by atoms with E-state index in [2.05, 4.69) is 71.9 Å². The Hall–Kier alpha value is -3.30. The van der Waals surface area contributed by atoms with E-state index in [9.17, 15) is 0 Å². The van der Waals surface area contributed by atoms with Crippen LogP contribution in [0, 0.1) is 0 Å². The zero-order valence-corrected chi connectivity index (χ0v) is 19.4. The molecule has 0 N–H and O–H groups in total. The first-order chi connectivity index (χ1) is 14.4.